The molecule has 1 amide bonds. The zero-order valence-corrected chi connectivity index (χ0v) is 17.4. The van der Waals surface area contributed by atoms with Crippen molar-refractivity contribution in [3.8, 4) is 10.8 Å². The van der Waals surface area contributed by atoms with Crippen LogP contribution in [0, 0.1) is 13.8 Å². The van der Waals surface area contributed by atoms with Crippen LogP contribution >= 0.6 is 11.3 Å². The third-order valence-electron chi connectivity index (χ3n) is 4.20. The first-order valence-corrected chi connectivity index (χ1v) is 10.3. The fourth-order valence-electron chi connectivity index (χ4n) is 2.70. The van der Waals surface area contributed by atoms with Crippen molar-refractivity contribution in [1.29, 1.82) is 0 Å². The van der Waals surface area contributed by atoms with Crippen molar-refractivity contribution in [2.24, 2.45) is 0 Å². The minimum Gasteiger partial charge on any atom is -0.452 e. The van der Waals surface area contributed by atoms with Gasteiger partial charge in [0, 0.05) is 6.07 Å². The van der Waals surface area contributed by atoms with E-state index in [0.717, 1.165) is 17.7 Å². The predicted octanol–water partition coefficient (Wildman–Crippen LogP) is 4.29. The standard InChI is InChI=1S/C20H23N3O5S/c1-4-5-7-15(19(25)22-17-10-12(2)28-23-17)27-18(24)11-14-13(3)26-20(21-14)16-8-6-9-29-16/h6,8-10,15H,4-5,7,11H2,1-3H3,(H,22,23,25). The van der Waals surface area contributed by atoms with Crippen LogP contribution in [0.1, 0.15) is 43.4 Å². The summed E-state index contributed by atoms with van der Waals surface area (Å²) in [6.45, 7) is 5.48. The summed E-state index contributed by atoms with van der Waals surface area (Å²) in [7, 11) is 0. The lowest BCUT2D eigenvalue weighted by molar-refractivity contribution is -0.154. The van der Waals surface area contributed by atoms with Crippen LogP contribution < -0.4 is 5.32 Å². The van der Waals surface area contributed by atoms with Crippen molar-refractivity contribution in [2.45, 2.75) is 52.6 Å². The highest BCUT2D eigenvalue weighted by atomic mass is 32.1. The van der Waals surface area contributed by atoms with Crippen molar-refractivity contribution >= 4 is 29.0 Å². The van der Waals surface area contributed by atoms with Gasteiger partial charge in [0.15, 0.2) is 11.9 Å². The summed E-state index contributed by atoms with van der Waals surface area (Å²) in [5, 5.41) is 8.28. The number of unbranched alkanes of at least 4 members (excludes halogenated alkanes) is 1. The van der Waals surface area contributed by atoms with Gasteiger partial charge in [-0.2, -0.15) is 0 Å². The summed E-state index contributed by atoms with van der Waals surface area (Å²) in [6, 6.07) is 5.40. The van der Waals surface area contributed by atoms with Gasteiger partial charge >= 0.3 is 5.97 Å². The molecule has 0 aliphatic heterocycles. The molecule has 0 saturated heterocycles. The Morgan fingerprint density at radius 3 is 2.83 bits per heavy atom. The van der Waals surface area contributed by atoms with Crippen LogP contribution in [0.4, 0.5) is 5.82 Å². The van der Waals surface area contributed by atoms with Crippen LogP contribution in [-0.2, 0) is 20.7 Å². The zero-order valence-electron chi connectivity index (χ0n) is 16.6. The molecule has 29 heavy (non-hydrogen) atoms. The highest BCUT2D eigenvalue weighted by molar-refractivity contribution is 7.13. The third-order valence-corrected chi connectivity index (χ3v) is 5.06. The third kappa shape index (κ3) is 5.54. The first-order valence-electron chi connectivity index (χ1n) is 9.40. The maximum atomic E-state index is 12.5. The number of esters is 1. The molecule has 0 radical (unpaired) electrons. The molecule has 154 valence electrons. The van der Waals surface area contributed by atoms with Gasteiger partial charge in [-0.1, -0.05) is 24.6 Å². The number of anilines is 1. The van der Waals surface area contributed by atoms with Gasteiger partial charge in [0.2, 0.25) is 5.89 Å². The first-order chi connectivity index (χ1) is 14.0. The fourth-order valence-corrected chi connectivity index (χ4v) is 3.35. The van der Waals surface area contributed by atoms with Gasteiger partial charge in [0.1, 0.15) is 11.5 Å². The van der Waals surface area contributed by atoms with Crippen molar-refractivity contribution < 1.29 is 23.3 Å². The Bertz CT molecular complexity index is 961. The number of nitrogens with zero attached hydrogens (tertiary/aromatic N) is 2. The van der Waals surface area contributed by atoms with Crippen molar-refractivity contribution in [3.05, 3.63) is 40.8 Å². The van der Waals surface area contributed by atoms with E-state index in [4.69, 9.17) is 13.7 Å². The van der Waals surface area contributed by atoms with Gasteiger partial charge in [-0.25, -0.2) is 4.98 Å². The van der Waals surface area contributed by atoms with E-state index in [0.29, 0.717) is 29.5 Å². The van der Waals surface area contributed by atoms with E-state index in [9.17, 15) is 9.59 Å². The second-order valence-electron chi connectivity index (χ2n) is 6.61. The Kier molecular flexibility index (Phi) is 6.82. The Morgan fingerprint density at radius 1 is 1.34 bits per heavy atom. The molecule has 0 spiro atoms. The lowest BCUT2D eigenvalue weighted by Gasteiger charge is -2.16. The number of rotatable bonds is 9. The van der Waals surface area contributed by atoms with Crippen LogP contribution in [-0.4, -0.2) is 28.1 Å². The molecule has 0 fully saturated rings. The molecular formula is C20H23N3O5S. The predicted molar refractivity (Wildman–Crippen MR) is 108 cm³/mol. The largest absolute Gasteiger partial charge is 0.452 e. The number of carbonyl (C=O) groups excluding carboxylic acids is 2. The molecule has 1 atom stereocenters. The van der Waals surface area contributed by atoms with E-state index in [1.807, 2.05) is 24.4 Å². The van der Waals surface area contributed by atoms with Gasteiger partial charge in [-0.05, 0) is 38.1 Å². The van der Waals surface area contributed by atoms with Gasteiger partial charge in [-0.3, -0.25) is 9.59 Å². The Balaban J connectivity index is 1.64. The number of aryl methyl sites for hydroxylation is 2. The van der Waals surface area contributed by atoms with E-state index in [2.05, 4.69) is 15.5 Å². The number of hydrogen-bond donors (Lipinski definition) is 1. The number of hydrogen-bond acceptors (Lipinski definition) is 8. The van der Waals surface area contributed by atoms with Gasteiger partial charge in [0.05, 0.1) is 17.0 Å². The van der Waals surface area contributed by atoms with E-state index < -0.39 is 18.0 Å². The molecule has 0 bridgehead atoms. The van der Waals surface area contributed by atoms with E-state index >= 15 is 0 Å². The first kappa shape index (κ1) is 20.8. The summed E-state index contributed by atoms with van der Waals surface area (Å²) < 4.78 is 16.1. The second-order valence-corrected chi connectivity index (χ2v) is 7.56. The zero-order chi connectivity index (χ0) is 20.8. The molecular weight excluding hydrogens is 394 g/mol. The number of amides is 1. The molecule has 0 aliphatic rings. The lowest BCUT2D eigenvalue weighted by atomic mass is 10.1. The second kappa shape index (κ2) is 9.51. The maximum Gasteiger partial charge on any atom is 0.312 e. The molecule has 1 N–H and O–H groups in total. The van der Waals surface area contributed by atoms with Crippen molar-refractivity contribution in [1.82, 2.24) is 10.1 Å². The maximum absolute atomic E-state index is 12.5. The van der Waals surface area contributed by atoms with Crippen LogP contribution in [0.2, 0.25) is 0 Å². The summed E-state index contributed by atoms with van der Waals surface area (Å²) in [5.41, 5.74) is 0.500. The van der Waals surface area contributed by atoms with Gasteiger partial charge < -0.3 is 19.0 Å². The monoisotopic (exact) mass is 417 g/mol. The molecule has 1 unspecified atom stereocenters. The lowest BCUT2D eigenvalue weighted by Crippen LogP contribution is -2.33. The molecule has 9 heteroatoms. The van der Waals surface area contributed by atoms with Crippen LogP contribution in [0.5, 0.6) is 0 Å². The average molecular weight is 417 g/mol. The number of nitrogens with one attached hydrogen (secondary N) is 1. The minimum absolute atomic E-state index is 0.0698. The normalized spacial score (nSPS) is 12.0. The molecule has 3 rings (SSSR count). The number of oxazole rings is 1. The Morgan fingerprint density at radius 2 is 2.17 bits per heavy atom. The van der Waals surface area contributed by atoms with Crippen molar-refractivity contribution in [2.75, 3.05) is 5.32 Å². The van der Waals surface area contributed by atoms with Gasteiger partial charge in [0.25, 0.3) is 5.91 Å². The molecule has 3 heterocycles. The molecule has 3 aromatic rings. The number of thiophene rings is 1. The van der Waals surface area contributed by atoms with Crippen LogP contribution in [0.3, 0.4) is 0 Å². The smallest absolute Gasteiger partial charge is 0.312 e. The summed E-state index contributed by atoms with van der Waals surface area (Å²) in [6.07, 6.45) is 1.05. The molecule has 0 aromatic carbocycles. The topological polar surface area (TPSA) is 107 Å². The Hall–Kier alpha value is -2.94. The number of ether oxygens (including phenoxy) is 1. The quantitative estimate of drug-likeness (QED) is 0.517. The number of carbonyl (C=O) groups is 2. The van der Waals surface area contributed by atoms with Gasteiger partial charge in [-0.15, -0.1) is 11.3 Å². The van der Waals surface area contributed by atoms with Crippen LogP contribution in [0.25, 0.3) is 10.8 Å². The summed E-state index contributed by atoms with van der Waals surface area (Å²) >= 11 is 1.50. The Labute approximate surface area is 172 Å². The molecule has 8 nitrogen and oxygen atoms in total. The van der Waals surface area contributed by atoms with E-state index in [1.165, 1.54) is 11.3 Å². The van der Waals surface area contributed by atoms with E-state index in [1.54, 1.807) is 19.9 Å². The molecule has 0 aliphatic carbocycles. The van der Waals surface area contributed by atoms with E-state index in [-0.39, 0.29) is 12.2 Å². The SMILES string of the molecule is CCCCC(OC(=O)Cc1nc(-c2cccs2)oc1C)C(=O)Nc1cc(C)on1. The fraction of sp³-hybridized carbons (Fsp3) is 0.400. The highest BCUT2D eigenvalue weighted by Crippen LogP contribution is 2.26. The minimum atomic E-state index is -0.913. The summed E-state index contributed by atoms with van der Waals surface area (Å²) in [4.78, 5) is 30.3. The van der Waals surface area contributed by atoms with Crippen LogP contribution in [0.15, 0.2) is 32.5 Å². The number of aromatic nitrogens is 2. The molecule has 0 saturated carbocycles. The van der Waals surface area contributed by atoms with Crippen molar-refractivity contribution in [3.63, 3.8) is 0 Å². The summed E-state index contributed by atoms with van der Waals surface area (Å²) in [5.74, 6) is 0.923. The molecule has 3 aromatic heterocycles. The highest BCUT2D eigenvalue weighted by Gasteiger charge is 2.25. The average Bonchev–Trinajstić information content (AvgIpc) is 3.41.